The predicted molar refractivity (Wildman–Crippen MR) is 80.8 cm³/mol. The van der Waals surface area contributed by atoms with Crippen LogP contribution in [0.25, 0.3) is 0 Å². The maximum absolute atomic E-state index is 2.63. The van der Waals surface area contributed by atoms with E-state index in [1.165, 1.54) is 57.2 Å². The first kappa shape index (κ1) is 15.2. The second-order valence-corrected chi connectivity index (χ2v) is 5.18. The highest BCUT2D eigenvalue weighted by atomic mass is 15.1. The molecule has 0 amide bonds. The van der Waals surface area contributed by atoms with Crippen LogP contribution in [0.15, 0.2) is 30.3 Å². The van der Waals surface area contributed by atoms with Crippen molar-refractivity contribution in [3.63, 3.8) is 0 Å². The van der Waals surface area contributed by atoms with Crippen molar-refractivity contribution < 1.29 is 0 Å². The van der Waals surface area contributed by atoms with E-state index in [1.807, 2.05) is 0 Å². The summed E-state index contributed by atoms with van der Waals surface area (Å²) in [5.74, 6) is 0. The van der Waals surface area contributed by atoms with E-state index in [0.29, 0.717) is 0 Å². The summed E-state index contributed by atoms with van der Waals surface area (Å²) in [6.45, 7) is 8.18. The van der Waals surface area contributed by atoms with Crippen LogP contribution in [0.2, 0.25) is 0 Å². The zero-order chi connectivity index (χ0) is 13.1. The molecule has 0 aliphatic rings. The maximum atomic E-state index is 2.63. The third-order valence-electron chi connectivity index (χ3n) is 3.40. The van der Waals surface area contributed by atoms with E-state index < -0.39 is 0 Å². The van der Waals surface area contributed by atoms with Crippen LogP contribution in [-0.4, -0.2) is 18.0 Å². The first-order valence-corrected chi connectivity index (χ1v) is 7.63. The Morgan fingerprint density at radius 3 is 1.83 bits per heavy atom. The van der Waals surface area contributed by atoms with Crippen LogP contribution in [0.1, 0.15) is 57.9 Å². The van der Waals surface area contributed by atoms with Crippen LogP contribution < -0.4 is 0 Å². The summed E-state index contributed by atoms with van der Waals surface area (Å²) >= 11 is 0. The lowest BCUT2D eigenvalue weighted by atomic mass is 10.1. The number of hydrogen-bond acceptors (Lipinski definition) is 1. The predicted octanol–water partition coefficient (Wildman–Crippen LogP) is 4.87. The van der Waals surface area contributed by atoms with Crippen molar-refractivity contribution in [3.8, 4) is 0 Å². The van der Waals surface area contributed by atoms with Crippen molar-refractivity contribution in [2.45, 2.75) is 58.9 Å². The van der Waals surface area contributed by atoms with E-state index in [9.17, 15) is 0 Å². The molecule has 18 heavy (non-hydrogen) atoms. The molecule has 0 bridgehead atoms. The molecular formula is C17H29N. The molecule has 0 aliphatic carbocycles. The van der Waals surface area contributed by atoms with Gasteiger partial charge in [-0.25, -0.2) is 0 Å². The number of nitrogens with zero attached hydrogens (tertiary/aromatic N) is 1. The van der Waals surface area contributed by atoms with Gasteiger partial charge in [-0.1, -0.05) is 69.9 Å². The van der Waals surface area contributed by atoms with E-state index in [4.69, 9.17) is 0 Å². The number of unbranched alkanes of at least 4 members (excludes halogenated alkanes) is 4. The highest BCUT2D eigenvalue weighted by Gasteiger charge is 2.05. The molecule has 102 valence electrons. The first-order chi connectivity index (χ1) is 8.86. The summed E-state index contributed by atoms with van der Waals surface area (Å²) in [5, 5.41) is 0. The van der Waals surface area contributed by atoms with Crippen molar-refractivity contribution >= 4 is 0 Å². The first-order valence-electron chi connectivity index (χ1n) is 7.63. The topological polar surface area (TPSA) is 3.24 Å². The van der Waals surface area contributed by atoms with Gasteiger partial charge < -0.3 is 0 Å². The van der Waals surface area contributed by atoms with Crippen LogP contribution >= 0.6 is 0 Å². The Kier molecular flexibility index (Phi) is 8.58. The van der Waals surface area contributed by atoms with Crippen molar-refractivity contribution in [2.24, 2.45) is 0 Å². The fourth-order valence-corrected chi connectivity index (χ4v) is 2.28. The molecule has 1 aromatic rings. The molecule has 0 saturated carbocycles. The summed E-state index contributed by atoms with van der Waals surface area (Å²) in [6.07, 6.45) is 8.03. The molecule has 0 radical (unpaired) electrons. The highest BCUT2D eigenvalue weighted by Crippen LogP contribution is 2.08. The van der Waals surface area contributed by atoms with E-state index in [0.717, 1.165) is 6.54 Å². The number of rotatable bonds is 10. The van der Waals surface area contributed by atoms with Crippen LogP contribution in [0.4, 0.5) is 0 Å². The van der Waals surface area contributed by atoms with E-state index in [2.05, 4.69) is 49.1 Å². The molecule has 0 aromatic heterocycles. The summed E-state index contributed by atoms with van der Waals surface area (Å²) in [7, 11) is 0. The average Bonchev–Trinajstić information content (AvgIpc) is 2.40. The van der Waals surface area contributed by atoms with Gasteiger partial charge in [-0.3, -0.25) is 4.90 Å². The molecule has 0 aliphatic heterocycles. The van der Waals surface area contributed by atoms with Gasteiger partial charge in [-0.05, 0) is 31.5 Å². The minimum absolute atomic E-state index is 1.12. The van der Waals surface area contributed by atoms with Crippen LogP contribution in [0, 0.1) is 0 Å². The summed E-state index contributed by atoms with van der Waals surface area (Å²) in [4.78, 5) is 2.63. The maximum Gasteiger partial charge on any atom is 0.0233 e. The number of hydrogen-bond donors (Lipinski definition) is 0. The summed E-state index contributed by atoms with van der Waals surface area (Å²) < 4.78 is 0. The fourth-order valence-electron chi connectivity index (χ4n) is 2.28. The van der Waals surface area contributed by atoms with Gasteiger partial charge in [0, 0.05) is 6.54 Å². The third kappa shape index (κ3) is 6.80. The lowest BCUT2D eigenvalue weighted by molar-refractivity contribution is 0.254. The second kappa shape index (κ2) is 10.1. The van der Waals surface area contributed by atoms with Crippen LogP contribution in [0.3, 0.4) is 0 Å². The van der Waals surface area contributed by atoms with Crippen LogP contribution in [0.5, 0.6) is 0 Å². The summed E-state index contributed by atoms with van der Waals surface area (Å²) in [6, 6.07) is 10.9. The van der Waals surface area contributed by atoms with Gasteiger partial charge in [0.1, 0.15) is 0 Å². The molecule has 1 aromatic carbocycles. The van der Waals surface area contributed by atoms with E-state index >= 15 is 0 Å². The molecule has 0 atom stereocenters. The molecule has 0 saturated heterocycles. The lowest BCUT2D eigenvalue weighted by Gasteiger charge is -2.22. The van der Waals surface area contributed by atoms with Gasteiger partial charge in [0.2, 0.25) is 0 Å². The molecule has 0 unspecified atom stereocenters. The molecule has 1 heteroatoms. The highest BCUT2D eigenvalue weighted by molar-refractivity contribution is 5.14. The monoisotopic (exact) mass is 247 g/mol. The standard InChI is InChI=1S/C17H29N/c1-3-5-10-14-18(15-11-6-4-2)16-17-12-8-7-9-13-17/h7-9,12-13H,3-6,10-11,14-16H2,1-2H3. The largest absolute Gasteiger partial charge is 0.299 e. The van der Waals surface area contributed by atoms with Gasteiger partial charge in [0.15, 0.2) is 0 Å². The van der Waals surface area contributed by atoms with Gasteiger partial charge in [0.25, 0.3) is 0 Å². The fraction of sp³-hybridized carbons (Fsp3) is 0.647. The molecule has 1 rings (SSSR count). The van der Waals surface area contributed by atoms with Gasteiger partial charge in [0.05, 0.1) is 0 Å². The summed E-state index contributed by atoms with van der Waals surface area (Å²) in [5.41, 5.74) is 1.45. The zero-order valence-electron chi connectivity index (χ0n) is 12.2. The van der Waals surface area contributed by atoms with Gasteiger partial charge in [-0.2, -0.15) is 0 Å². The Hall–Kier alpha value is -0.820. The van der Waals surface area contributed by atoms with Crippen molar-refractivity contribution in [3.05, 3.63) is 35.9 Å². The average molecular weight is 247 g/mol. The Morgan fingerprint density at radius 2 is 1.33 bits per heavy atom. The van der Waals surface area contributed by atoms with Crippen molar-refractivity contribution in [1.29, 1.82) is 0 Å². The SMILES string of the molecule is CCCCCN(CCCCC)Cc1ccccc1. The van der Waals surface area contributed by atoms with Crippen molar-refractivity contribution in [2.75, 3.05) is 13.1 Å². The second-order valence-electron chi connectivity index (χ2n) is 5.18. The number of benzene rings is 1. The third-order valence-corrected chi connectivity index (χ3v) is 3.40. The zero-order valence-corrected chi connectivity index (χ0v) is 12.2. The Morgan fingerprint density at radius 1 is 0.778 bits per heavy atom. The lowest BCUT2D eigenvalue weighted by Crippen LogP contribution is -2.25. The van der Waals surface area contributed by atoms with Crippen molar-refractivity contribution in [1.82, 2.24) is 4.90 Å². The normalized spacial score (nSPS) is 11.1. The molecular weight excluding hydrogens is 218 g/mol. The minimum Gasteiger partial charge on any atom is -0.299 e. The van der Waals surface area contributed by atoms with Gasteiger partial charge in [-0.15, -0.1) is 0 Å². The minimum atomic E-state index is 1.12. The Bertz CT molecular complexity index is 271. The quantitative estimate of drug-likeness (QED) is 0.533. The molecule has 0 fully saturated rings. The smallest absolute Gasteiger partial charge is 0.0233 e. The molecule has 0 spiro atoms. The van der Waals surface area contributed by atoms with E-state index in [1.54, 1.807) is 0 Å². The molecule has 1 nitrogen and oxygen atoms in total. The Labute approximate surface area is 113 Å². The van der Waals surface area contributed by atoms with Gasteiger partial charge >= 0.3 is 0 Å². The Balaban J connectivity index is 2.37. The van der Waals surface area contributed by atoms with E-state index in [-0.39, 0.29) is 0 Å². The van der Waals surface area contributed by atoms with Crippen LogP contribution in [-0.2, 0) is 6.54 Å². The molecule has 0 heterocycles. The molecule has 0 N–H and O–H groups in total.